The van der Waals surface area contributed by atoms with Gasteiger partial charge in [-0.15, -0.1) is 0 Å². The van der Waals surface area contributed by atoms with Gasteiger partial charge in [0.1, 0.15) is 0 Å². The Hall–Kier alpha value is 0.350. The Morgan fingerprint density at radius 3 is 0.556 bits per heavy atom. The van der Waals surface area contributed by atoms with E-state index >= 15 is 0 Å². The van der Waals surface area contributed by atoms with E-state index in [-0.39, 0.29) is 0 Å². The second kappa shape index (κ2) is 40.5. The second-order valence-corrected chi connectivity index (χ2v) is 16.7. The van der Waals surface area contributed by atoms with Gasteiger partial charge in [-0.2, -0.15) is 11.8 Å². The highest BCUT2D eigenvalue weighted by Gasteiger charge is 2.17. The Labute approximate surface area is 293 Å². The highest BCUT2D eigenvalue weighted by atomic mass is 32.2. The summed E-state index contributed by atoms with van der Waals surface area (Å²) in [6.07, 6.45) is 55.8. The van der Waals surface area contributed by atoms with E-state index in [0.29, 0.717) is 0 Å². The van der Waals surface area contributed by atoms with Gasteiger partial charge in [-0.05, 0) is 25.7 Å². The summed E-state index contributed by atoms with van der Waals surface area (Å²) >= 11 is 2.49. The van der Waals surface area contributed by atoms with Gasteiger partial charge in [0.05, 0.1) is 0 Å². The maximum absolute atomic E-state index is 2.49. The maximum Gasteiger partial charge on any atom is 0.00498 e. The third kappa shape index (κ3) is 37.0. The van der Waals surface area contributed by atoms with Crippen LogP contribution in [0.3, 0.4) is 0 Å². The van der Waals surface area contributed by atoms with Crippen molar-refractivity contribution in [2.45, 2.75) is 282 Å². The molecule has 0 spiro atoms. The molecule has 0 aliphatic rings. The molecule has 0 amide bonds. The molecule has 0 aromatic carbocycles. The van der Waals surface area contributed by atoms with Crippen molar-refractivity contribution >= 4 is 11.8 Å². The molecular formula is C44H90S. The lowest BCUT2D eigenvalue weighted by Crippen LogP contribution is -2.12. The lowest BCUT2D eigenvalue weighted by atomic mass is 10.0. The molecule has 0 saturated heterocycles. The number of thioether (sulfide) groups is 1. The van der Waals surface area contributed by atoms with Crippen LogP contribution in [0.25, 0.3) is 0 Å². The van der Waals surface area contributed by atoms with E-state index in [2.05, 4.69) is 39.5 Å². The van der Waals surface area contributed by atoms with Gasteiger partial charge in [0.25, 0.3) is 0 Å². The first kappa shape index (κ1) is 45.3. The fraction of sp³-hybridized carbons (Fsp3) is 1.00. The first-order chi connectivity index (χ1) is 22.3. The van der Waals surface area contributed by atoms with Crippen molar-refractivity contribution in [2.24, 2.45) is 0 Å². The van der Waals surface area contributed by atoms with E-state index in [1.54, 1.807) is 0 Å². The van der Waals surface area contributed by atoms with Crippen molar-refractivity contribution in [3.63, 3.8) is 0 Å². The Kier molecular flexibility index (Phi) is 40.8. The molecule has 0 bridgehead atoms. The molecule has 2 unspecified atom stereocenters. The van der Waals surface area contributed by atoms with Crippen LogP contribution in [0, 0.1) is 0 Å². The summed E-state index contributed by atoms with van der Waals surface area (Å²) in [5.74, 6) is 0. The van der Waals surface area contributed by atoms with E-state index in [1.807, 2.05) is 0 Å². The molecule has 0 aliphatic heterocycles. The molecule has 0 aromatic rings. The van der Waals surface area contributed by atoms with Gasteiger partial charge >= 0.3 is 0 Å². The summed E-state index contributed by atoms with van der Waals surface area (Å²) in [4.78, 5) is 0. The first-order valence-corrected chi connectivity index (χ1v) is 22.9. The number of unbranched alkanes of at least 4 members (excludes halogenated alkanes) is 30. The summed E-state index contributed by atoms with van der Waals surface area (Å²) in [6, 6.07) is 0. The van der Waals surface area contributed by atoms with E-state index < -0.39 is 0 Å². The van der Waals surface area contributed by atoms with Gasteiger partial charge in [0.2, 0.25) is 0 Å². The van der Waals surface area contributed by atoms with Crippen molar-refractivity contribution in [3.8, 4) is 0 Å². The zero-order chi connectivity index (χ0) is 32.7. The lowest BCUT2D eigenvalue weighted by Gasteiger charge is -2.24. The zero-order valence-corrected chi connectivity index (χ0v) is 33.2. The molecule has 0 rings (SSSR count). The van der Waals surface area contributed by atoms with E-state index in [4.69, 9.17) is 0 Å². The predicted octanol–water partition coefficient (Wildman–Crippen LogP) is 17.4. The Balaban J connectivity index is 4.69. The minimum atomic E-state index is 0.937. The first-order valence-electron chi connectivity index (χ1n) is 21.9. The summed E-state index contributed by atoms with van der Waals surface area (Å²) in [6.45, 7) is 9.34. The molecule has 0 N–H and O–H groups in total. The molecule has 1 heteroatoms. The minimum absolute atomic E-state index is 0.937. The van der Waals surface area contributed by atoms with E-state index in [0.717, 1.165) is 10.5 Å². The molecule has 272 valence electrons. The lowest BCUT2D eigenvalue weighted by molar-refractivity contribution is 0.518. The van der Waals surface area contributed by atoms with E-state index in [1.165, 1.54) is 244 Å². The van der Waals surface area contributed by atoms with Crippen LogP contribution in [0.1, 0.15) is 272 Å². The van der Waals surface area contributed by atoms with Crippen molar-refractivity contribution in [3.05, 3.63) is 0 Å². The van der Waals surface area contributed by atoms with Crippen molar-refractivity contribution in [1.82, 2.24) is 0 Å². The van der Waals surface area contributed by atoms with Crippen molar-refractivity contribution < 1.29 is 0 Å². The van der Waals surface area contributed by atoms with Crippen LogP contribution in [-0.4, -0.2) is 10.5 Å². The average Bonchev–Trinajstić information content (AvgIpc) is 3.05. The molecule has 0 radical (unpaired) electrons. The van der Waals surface area contributed by atoms with Crippen LogP contribution < -0.4 is 0 Å². The van der Waals surface area contributed by atoms with Gasteiger partial charge in [-0.3, -0.25) is 0 Å². The van der Waals surface area contributed by atoms with Crippen LogP contribution in [0.15, 0.2) is 0 Å². The number of hydrogen-bond acceptors (Lipinski definition) is 1. The van der Waals surface area contributed by atoms with Crippen LogP contribution in [0.2, 0.25) is 0 Å². The Morgan fingerprint density at radius 2 is 0.378 bits per heavy atom. The highest BCUT2D eigenvalue weighted by Crippen LogP contribution is 2.33. The SMILES string of the molecule is CCCCCCCCCCCC(CCCCCCCCCC)SC(CCCCCCCCCC)CCCCCCCCCCC. The summed E-state index contributed by atoms with van der Waals surface area (Å²) in [5.41, 5.74) is 0. The molecule has 0 nitrogen and oxygen atoms in total. The number of hydrogen-bond donors (Lipinski definition) is 0. The highest BCUT2D eigenvalue weighted by molar-refractivity contribution is 8.00. The van der Waals surface area contributed by atoms with Crippen LogP contribution >= 0.6 is 11.8 Å². The molecule has 0 aromatic heterocycles. The maximum atomic E-state index is 2.49. The molecule has 0 heterocycles. The molecule has 0 fully saturated rings. The predicted molar refractivity (Wildman–Crippen MR) is 213 cm³/mol. The third-order valence-electron chi connectivity index (χ3n) is 10.4. The minimum Gasteiger partial charge on any atom is -0.155 e. The largest absolute Gasteiger partial charge is 0.155 e. The standard InChI is InChI=1S/C44H90S/c1-5-9-13-17-21-25-29-33-37-41-43(39-35-31-27-23-19-15-11-7-3)45-44(40-36-32-28-24-20-16-12-8-4)42-38-34-30-26-22-18-14-10-6-2/h43-44H,5-42H2,1-4H3. The average molecular weight is 651 g/mol. The summed E-state index contributed by atoms with van der Waals surface area (Å²) in [5, 5.41) is 1.87. The van der Waals surface area contributed by atoms with Gasteiger partial charge < -0.3 is 0 Å². The fourth-order valence-electron chi connectivity index (χ4n) is 7.21. The molecule has 0 saturated carbocycles. The van der Waals surface area contributed by atoms with Crippen molar-refractivity contribution in [2.75, 3.05) is 0 Å². The fourth-order valence-corrected chi connectivity index (χ4v) is 8.97. The van der Waals surface area contributed by atoms with Gasteiger partial charge in [0, 0.05) is 10.5 Å². The molecule has 2 atom stereocenters. The van der Waals surface area contributed by atoms with Crippen LogP contribution in [-0.2, 0) is 0 Å². The Bertz CT molecular complexity index is 457. The summed E-state index contributed by atoms with van der Waals surface area (Å²) < 4.78 is 0. The van der Waals surface area contributed by atoms with Crippen molar-refractivity contribution in [1.29, 1.82) is 0 Å². The van der Waals surface area contributed by atoms with Gasteiger partial charge in [-0.25, -0.2) is 0 Å². The van der Waals surface area contributed by atoms with E-state index in [9.17, 15) is 0 Å². The normalized spacial score (nSPS) is 13.1. The topological polar surface area (TPSA) is 0 Å². The third-order valence-corrected chi connectivity index (χ3v) is 12.1. The zero-order valence-electron chi connectivity index (χ0n) is 32.4. The molecule has 0 aliphatic carbocycles. The van der Waals surface area contributed by atoms with Gasteiger partial charge in [0.15, 0.2) is 0 Å². The monoisotopic (exact) mass is 651 g/mol. The Morgan fingerprint density at radius 1 is 0.222 bits per heavy atom. The smallest absolute Gasteiger partial charge is 0.00498 e. The van der Waals surface area contributed by atoms with Crippen LogP contribution in [0.5, 0.6) is 0 Å². The summed E-state index contributed by atoms with van der Waals surface area (Å²) in [7, 11) is 0. The van der Waals surface area contributed by atoms with Crippen LogP contribution in [0.4, 0.5) is 0 Å². The van der Waals surface area contributed by atoms with Gasteiger partial charge in [-0.1, -0.05) is 246 Å². The second-order valence-electron chi connectivity index (χ2n) is 15.1. The number of rotatable bonds is 40. The molecule has 45 heavy (non-hydrogen) atoms. The molecular weight excluding hydrogens is 561 g/mol. The quantitative estimate of drug-likeness (QED) is 0.0595.